The Morgan fingerprint density at radius 1 is 1.04 bits per heavy atom. The van der Waals surface area contributed by atoms with Crippen LogP contribution in [0, 0.1) is 6.92 Å². The van der Waals surface area contributed by atoms with Crippen LogP contribution in [-0.4, -0.2) is 25.0 Å². The molecule has 0 aliphatic rings. The van der Waals surface area contributed by atoms with Crippen LogP contribution in [0.5, 0.6) is 5.75 Å². The first-order valence-corrected chi connectivity index (χ1v) is 8.96. The van der Waals surface area contributed by atoms with Crippen LogP contribution in [0.4, 0.5) is 0 Å². The van der Waals surface area contributed by atoms with Gasteiger partial charge in [-0.15, -0.1) is 0 Å². The van der Waals surface area contributed by atoms with Crippen molar-refractivity contribution in [1.29, 1.82) is 0 Å². The zero-order valence-corrected chi connectivity index (χ0v) is 15.8. The number of amides is 2. The Balaban J connectivity index is 1.63. The minimum absolute atomic E-state index is 0.106. The molecular formula is C21H22N2O5. The SMILES string of the molecule is CCOCc1c(C(=O)NNC(=O)COc2ccccc2C)oc2ccccc12. The van der Waals surface area contributed by atoms with Gasteiger partial charge in [-0.25, -0.2) is 0 Å². The second-order valence-electron chi connectivity index (χ2n) is 6.10. The van der Waals surface area contributed by atoms with Crippen molar-refractivity contribution in [3.05, 3.63) is 65.4 Å². The monoisotopic (exact) mass is 382 g/mol. The van der Waals surface area contributed by atoms with Gasteiger partial charge in [0.05, 0.1) is 6.61 Å². The van der Waals surface area contributed by atoms with Crippen molar-refractivity contribution in [2.24, 2.45) is 0 Å². The van der Waals surface area contributed by atoms with Gasteiger partial charge in [0.25, 0.3) is 5.91 Å². The van der Waals surface area contributed by atoms with Gasteiger partial charge >= 0.3 is 5.91 Å². The summed E-state index contributed by atoms with van der Waals surface area (Å²) in [7, 11) is 0. The average Bonchev–Trinajstić information content (AvgIpc) is 3.08. The van der Waals surface area contributed by atoms with Crippen molar-refractivity contribution in [2.75, 3.05) is 13.2 Å². The van der Waals surface area contributed by atoms with Gasteiger partial charge in [0, 0.05) is 17.6 Å². The van der Waals surface area contributed by atoms with Gasteiger partial charge in [0.1, 0.15) is 11.3 Å². The number of ether oxygens (including phenoxy) is 2. The summed E-state index contributed by atoms with van der Waals surface area (Å²) in [6.45, 7) is 4.28. The van der Waals surface area contributed by atoms with E-state index in [-0.39, 0.29) is 19.0 Å². The third kappa shape index (κ3) is 4.50. The predicted octanol–water partition coefficient (Wildman–Crippen LogP) is 3.12. The number of carbonyl (C=O) groups is 2. The van der Waals surface area contributed by atoms with E-state index < -0.39 is 11.8 Å². The lowest BCUT2D eigenvalue weighted by atomic mass is 10.1. The highest BCUT2D eigenvalue weighted by molar-refractivity contribution is 5.99. The molecule has 146 valence electrons. The molecule has 0 aliphatic heterocycles. The second-order valence-corrected chi connectivity index (χ2v) is 6.10. The summed E-state index contributed by atoms with van der Waals surface area (Å²) in [6.07, 6.45) is 0. The van der Waals surface area contributed by atoms with Crippen molar-refractivity contribution in [2.45, 2.75) is 20.5 Å². The van der Waals surface area contributed by atoms with Crippen LogP contribution in [0.25, 0.3) is 11.0 Å². The van der Waals surface area contributed by atoms with Crippen molar-refractivity contribution >= 4 is 22.8 Å². The van der Waals surface area contributed by atoms with E-state index in [4.69, 9.17) is 13.9 Å². The number of fused-ring (bicyclic) bond motifs is 1. The fraction of sp³-hybridized carbons (Fsp3) is 0.238. The predicted molar refractivity (Wildman–Crippen MR) is 104 cm³/mol. The Labute approximate surface area is 162 Å². The molecule has 2 amide bonds. The van der Waals surface area contributed by atoms with Crippen LogP contribution in [0.1, 0.15) is 28.6 Å². The van der Waals surface area contributed by atoms with Gasteiger partial charge in [-0.1, -0.05) is 36.4 Å². The summed E-state index contributed by atoms with van der Waals surface area (Å²) < 4.78 is 16.6. The zero-order chi connectivity index (χ0) is 19.9. The van der Waals surface area contributed by atoms with E-state index in [0.29, 0.717) is 23.5 Å². The van der Waals surface area contributed by atoms with Gasteiger partial charge in [-0.05, 0) is 31.5 Å². The van der Waals surface area contributed by atoms with Gasteiger partial charge in [-0.3, -0.25) is 20.4 Å². The molecule has 0 spiro atoms. The molecule has 0 aliphatic carbocycles. The summed E-state index contributed by atoms with van der Waals surface area (Å²) in [5, 5.41) is 0.801. The van der Waals surface area contributed by atoms with E-state index in [1.54, 1.807) is 12.1 Å². The Morgan fingerprint density at radius 3 is 2.57 bits per heavy atom. The highest BCUT2D eigenvalue weighted by atomic mass is 16.5. The topological polar surface area (TPSA) is 89.8 Å². The number of furan rings is 1. The third-order valence-corrected chi connectivity index (χ3v) is 4.12. The lowest BCUT2D eigenvalue weighted by Crippen LogP contribution is -2.44. The number of para-hydroxylation sites is 2. The molecular weight excluding hydrogens is 360 g/mol. The molecule has 2 N–H and O–H groups in total. The van der Waals surface area contributed by atoms with Crippen molar-refractivity contribution < 1.29 is 23.5 Å². The van der Waals surface area contributed by atoms with Crippen LogP contribution < -0.4 is 15.6 Å². The molecule has 0 radical (unpaired) electrons. The summed E-state index contributed by atoms with van der Waals surface area (Å²) in [5.41, 5.74) is 6.83. The van der Waals surface area contributed by atoms with E-state index in [9.17, 15) is 9.59 Å². The third-order valence-electron chi connectivity index (χ3n) is 4.12. The normalized spacial score (nSPS) is 10.6. The number of carbonyl (C=O) groups excluding carboxylic acids is 2. The lowest BCUT2D eigenvalue weighted by molar-refractivity contribution is -0.123. The molecule has 2 aromatic carbocycles. The molecule has 3 aromatic rings. The molecule has 28 heavy (non-hydrogen) atoms. The Hall–Kier alpha value is -3.32. The molecule has 0 saturated heterocycles. The van der Waals surface area contributed by atoms with Gasteiger partial charge in [0.2, 0.25) is 0 Å². The van der Waals surface area contributed by atoms with E-state index >= 15 is 0 Å². The first-order chi connectivity index (χ1) is 13.6. The van der Waals surface area contributed by atoms with E-state index in [2.05, 4.69) is 10.9 Å². The molecule has 0 atom stereocenters. The average molecular weight is 382 g/mol. The van der Waals surface area contributed by atoms with Gasteiger partial charge in [0.15, 0.2) is 12.4 Å². The molecule has 0 bridgehead atoms. The van der Waals surface area contributed by atoms with E-state index in [1.165, 1.54) is 0 Å². The van der Waals surface area contributed by atoms with Crippen molar-refractivity contribution in [1.82, 2.24) is 10.9 Å². The zero-order valence-electron chi connectivity index (χ0n) is 15.8. The molecule has 0 saturated carbocycles. The number of nitrogens with one attached hydrogen (secondary N) is 2. The quantitative estimate of drug-likeness (QED) is 0.613. The molecule has 1 aromatic heterocycles. The van der Waals surface area contributed by atoms with Crippen LogP contribution in [-0.2, 0) is 16.1 Å². The first kappa shape index (κ1) is 19.4. The fourth-order valence-electron chi connectivity index (χ4n) is 2.71. The maximum absolute atomic E-state index is 12.5. The number of aryl methyl sites for hydroxylation is 1. The number of hydrazine groups is 1. The number of benzene rings is 2. The maximum Gasteiger partial charge on any atom is 0.305 e. The maximum atomic E-state index is 12.5. The van der Waals surface area contributed by atoms with Crippen LogP contribution in [0.2, 0.25) is 0 Å². The Kier molecular flexibility index (Phi) is 6.29. The minimum Gasteiger partial charge on any atom is -0.483 e. The summed E-state index contributed by atoms with van der Waals surface area (Å²) in [6, 6.07) is 14.7. The molecule has 7 nitrogen and oxygen atoms in total. The smallest absolute Gasteiger partial charge is 0.305 e. The lowest BCUT2D eigenvalue weighted by Gasteiger charge is -2.10. The fourth-order valence-corrected chi connectivity index (χ4v) is 2.71. The van der Waals surface area contributed by atoms with Crippen LogP contribution in [0.3, 0.4) is 0 Å². The summed E-state index contributed by atoms with van der Waals surface area (Å²) >= 11 is 0. The molecule has 7 heteroatoms. The van der Waals surface area contributed by atoms with Crippen LogP contribution >= 0.6 is 0 Å². The summed E-state index contributed by atoms with van der Waals surface area (Å²) in [5.74, 6) is -0.329. The second kappa shape index (κ2) is 9.05. The first-order valence-electron chi connectivity index (χ1n) is 8.96. The van der Waals surface area contributed by atoms with Crippen LogP contribution in [0.15, 0.2) is 52.9 Å². The van der Waals surface area contributed by atoms with Crippen molar-refractivity contribution in [3.8, 4) is 5.75 Å². The molecule has 1 heterocycles. The highest BCUT2D eigenvalue weighted by Crippen LogP contribution is 2.26. The van der Waals surface area contributed by atoms with Crippen molar-refractivity contribution in [3.63, 3.8) is 0 Å². The molecule has 0 fully saturated rings. The Bertz CT molecular complexity index is 980. The Morgan fingerprint density at radius 2 is 1.79 bits per heavy atom. The van der Waals surface area contributed by atoms with Gasteiger partial charge in [-0.2, -0.15) is 0 Å². The number of rotatable bonds is 7. The molecule has 3 rings (SSSR count). The minimum atomic E-state index is -0.560. The van der Waals surface area contributed by atoms with E-state index in [0.717, 1.165) is 10.9 Å². The largest absolute Gasteiger partial charge is 0.483 e. The summed E-state index contributed by atoms with van der Waals surface area (Å²) in [4.78, 5) is 24.5. The number of hydrogen-bond donors (Lipinski definition) is 2. The highest BCUT2D eigenvalue weighted by Gasteiger charge is 2.21. The van der Waals surface area contributed by atoms with E-state index in [1.807, 2.05) is 50.2 Å². The van der Waals surface area contributed by atoms with Gasteiger partial charge < -0.3 is 13.9 Å². The number of hydrogen-bond acceptors (Lipinski definition) is 5. The standard InChI is InChI=1S/C21H22N2O5/c1-3-26-12-16-15-9-5-7-11-18(15)28-20(16)21(25)23-22-19(24)13-27-17-10-6-4-8-14(17)2/h4-11H,3,12-13H2,1-2H3,(H,22,24)(H,23,25). The molecule has 0 unspecified atom stereocenters.